The van der Waals surface area contributed by atoms with Crippen LogP contribution in [-0.4, -0.2) is 15.5 Å². The summed E-state index contributed by atoms with van der Waals surface area (Å²) in [5.74, 6) is 3.08. The average Bonchev–Trinajstić information content (AvgIpc) is 2.91. The van der Waals surface area contributed by atoms with E-state index >= 15 is 0 Å². The van der Waals surface area contributed by atoms with Crippen molar-refractivity contribution in [2.45, 2.75) is 109 Å². The minimum absolute atomic E-state index is 0.189. The molecule has 0 unspecified atom stereocenters. The van der Waals surface area contributed by atoms with Crippen molar-refractivity contribution in [3.63, 3.8) is 0 Å². The number of hydrogen-bond donors (Lipinski definition) is 0. The van der Waals surface area contributed by atoms with Crippen LogP contribution in [-0.2, 0) is 12.8 Å². The first-order chi connectivity index (χ1) is 17.3. The molecule has 0 spiro atoms. The van der Waals surface area contributed by atoms with Crippen LogP contribution < -0.4 is 0 Å². The Balaban J connectivity index is 1.21. The Morgan fingerprint density at radius 2 is 1.49 bits per heavy atom. The number of hydrogen-bond acceptors (Lipinski definition) is 0. The lowest BCUT2D eigenvalue weighted by Gasteiger charge is -2.37. The zero-order valence-electron chi connectivity index (χ0n) is 22.3. The van der Waals surface area contributed by atoms with Gasteiger partial charge in [0.15, 0.2) is 0 Å². The van der Waals surface area contributed by atoms with Crippen LogP contribution in [0.1, 0.15) is 88.7 Å². The summed E-state index contributed by atoms with van der Waals surface area (Å²) in [7, 11) is -0.325. The highest BCUT2D eigenvalue weighted by Crippen LogP contribution is 2.42. The van der Waals surface area contributed by atoms with Crippen molar-refractivity contribution < 1.29 is 4.39 Å². The van der Waals surface area contributed by atoms with Gasteiger partial charge in [0, 0.05) is 8.80 Å². The molecule has 1 aliphatic carbocycles. The molecular formula is C33H49FSi. The first-order valence-corrected chi connectivity index (χ1v) is 17.4. The molecule has 192 valence electrons. The molecular weight excluding hydrogens is 443 g/mol. The largest absolute Gasteiger partial charge is 0.251 e. The fourth-order valence-corrected chi connectivity index (χ4v) is 10.6. The van der Waals surface area contributed by atoms with Crippen molar-refractivity contribution in [1.29, 1.82) is 0 Å². The predicted molar refractivity (Wildman–Crippen MR) is 154 cm³/mol. The number of halogens is 1. The second-order valence-corrected chi connectivity index (χ2v) is 15.2. The topological polar surface area (TPSA) is 0 Å². The van der Waals surface area contributed by atoms with Crippen molar-refractivity contribution >= 4 is 8.80 Å². The van der Waals surface area contributed by atoms with Gasteiger partial charge in [0.05, 0.1) is 6.67 Å². The normalized spacial score (nSPS) is 25.0. The van der Waals surface area contributed by atoms with Crippen LogP contribution in [0.3, 0.4) is 0 Å². The van der Waals surface area contributed by atoms with E-state index in [4.69, 9.17) is 0 Å². The van der Waals surface area contributed by atoms with Crippen molar-refractivity contribution in [2.75, 3.05) is 6.67 Å². The summed E-state index contributed by atoms with van der Waals surface area (Å²) in [6, 6.07) is 23.0. The third kappa shape index (κ3) is 8.04. The molecule has 0 aromatic heterocycles. The van der Waals surface area contributed by atoms with Crippen LogP contribution in [0.4, 0.5) is 4.39 Å². The Morgan fingerprint density at radius 3 is 2.20 bits per heavy atom. The number of rotatable bonds is 12. The second kappa shape index (κ2) is 14.4. The van der Waals surface area contributed by atoms with E-state index in [1.807, 2.05) is 0 Å². The lowest BCUT2D eigenvalue weighted by molar-refractivity contribution is 0.186. The lowest BCUT2D eigenvalue weighted by atomic mass is 9.73. The molecule has 2 aromatic rings. The van der Waals surface area contributed by atoms with E-state index in [1.165, 1.54) is 67.2 Å². The first-order valence-electron chi connectivity index (χ1n) is 15.0. The quantitative estimate of drug-likeness (QED) is 0.204. The van der Waals surface area contributed by atoms with Crippen molar-refractivity contribution in [3.8, 4) is 11.1 Å². The molecule has 1 aliphatic heterocycles. The van der Waals surface area contributed by atoms with Gasteiger partial charge in [-0.3, -0.25) is 4.39 Å². The van der Waals surface area contributed by atoms with Gasteiger partial charge in [0.25, 0.3) is 0 Å². The van der Waals surface area contributed by atoms with Gasteiger partial charge in [0.2, 0.25) is 0 Å². The Bertz CT molecular complexity index is 844. The van der Waals surface area contributed by atoms with Crippen molar-refractivity contribution in [3.05, 3.63) is 59.7 Å². The van der Waals surface area contributed by atoms with Crippen LogP contribution in [0, 0.1) is 17.8 Å². The molecule has 35 heavy (non-hydrogen) atoms. The van der Waals surface area contributed by atoms with E-state index in [1.54, 1.807) is 31.0 Å². The summed E-state index contributed by atoms with van der Waals surface area (Å²) >= 11 is 0. The van der Waals surface area contributed by atoms with Crippen molar-refractivity contribution in [2.24, 2.45) is 17.8 Å². The molecule has 1 saturated heterocycles. The van der Waals surface area contributed by atoms with Crippen LogP contribution >= 0.6 is 0 Å². The zero-order valence-corrected chi connectivity index (χ0v) is 23.5. The van der Waals surface area contributed by atoms with Gasteiger partial charge in [-0.15, -0.1) is 0 Å². The molecule has 0 nitrogen and oxygen atoms in total. The van der Waals surface area contributed by atoms with Gasteiger partial charge in [0.1, 0.15) is 0 Å². The first kappa shape index (κ1) is 26.6. The molecule has 0 radical (unpaired) electrons. The van der Waals surface area contributed by atoms with Crippen LogP contribution in [0.2, 0.25) is 18.1 Å². The summed E-state index contributed by atoms with van der Waals surface area (Å²) in [6.07, 6.45) is 17.0. The third-order valence-electron chi connectivity index (χ3n) is 9.35. The highest BCUT2D eigenvalue weighted by atomic mass is 28.3. The third-order valence-corrected chi connectivity index (χ3v) is 13.0. The SMILES string of the molecule is CCC[SiH]1CCC(C2CCC(CCc3ccc(-c4ccccc4CCCCCF)cc3)CC2)CC1. The monoisotopic (exact) mass is 492 g/mol. The molecule has 0 amide bonds. The lowest BCUT2D eigenvalue weighted by Crippen LogP contribution is -2.28. The van der Waals surface area contributed by atoms with Gasteiger partial charge in [-0.1, -0.05) is 112 Å². The Kier molecular flexibility index (Phi) is 10.9. The minimum atomic E-state index is -0.325. The maximum absolute atomic E-state index is 12.4. The standard InChI is InChI=1S/C33H49FSi/c1-2-24-35-25-21-30(22-26-35)29-17-13-27(14-18-29)11-12-28-15-19-32(20-16-28)33-10-6-5-9-31(33)8-4-3-7-23-34/h5-6,9-10,15-16,19-20,27,29-30,35H,2-4,7-8,11-14,17-18,21-26H2,1H3. The van der Waals surface area contributed by atoms with Gasteiger partial charge in [-0.25, -0.2) is 0 Å². The van der Waals surface area contributed by atoms with E-state index in [9.17, 15) is 4.39 Å². The van der Waals surface area contributed by atoms with Gasteiger partial charge in [-0.2, -0.15) is 0 Å². The van der Waals surface area contributed by atoms with Gasteiger partial charge >= 0.3 is 0 Å². The molecule has 2 aliphatic rings. The van der Waals surface area contributed by atoms with E-state index in [2.05, 4.69) is 55.5 Å². The molecule has 1 saturated carbocycles. The number of unbranched alkanes of at least 4 members (excludes halogenated alkanes) is 2. The summed E-state index contributed by atoms with van der Waals surface area (Å²) in [5.41, 5.74) is 5.57. The number of aryl methyl sites for hydroxylation is 2. The zero-order chi connectivity index (χ0) is 24.3. The molecule has 0 N–H and O–H groups in total. The highest BCUT2D eigenvalue weighted by molar-refractivity contribution is 6.58. The maximum Gasteiger partial charge on any atom is 0.0894 e. The summed E-state index contributed by atoms with van der Waals surface area (Å²) in [5, 5.41) is 0. The predicted octanol–water partition coefficient (Wildman–Crippen LogP) is 9.82. The van der Waals surface area contributed by atoms with E-state index < -0.39 is 0 Å². The van der Waals surface area contributed by atoms with Gasteiger partial charge in [-0.05, 0) is 85.0 Å². The van der Waals surface area contributed by atoms with Crippen LogP contribution in [0.25, 0.3) is 11.1 Å². The van der Waals surface area contributed by atoms with E-state index in [0.29, 0.717) is 6.42 Å². The Hall–Kier alpha value is -1.41. The number of alkyl halides is 1. The fraction of sp³-hybridized carbons (Fsp3) is 0.636. The summed E-state index contributed by atoms with van der Waals surface area (Å²) in [6.45, 7) is 2.19. The highest BCUT2D eigenvalue weighted by Gasteiger charge is 2.30. The molecule has 2 heteroatoms. The Morgan fingerprint density at radius 1 is 0.771 bits per heavy atom. The maximum atomic E-state index is 12.4. The average molecular weight is 493 g/mol. The fourth-order valence-electron chi connectivity index (χ4n) is 7.13. The minimum Gasteiger partial charge on any atom is -0.251 e. The molecule has 2 aromatic carbocycles. The van der Waals surface area contributed by atoms with E-state index in [-0.39, 0.29) is 15.5 Å². The molecule has 4 rings (SSSR count). The molecule has 1 heterocycles. The van der Waals surface area contributed by atoms with Crippen LogP contribution in [0.15, 0.2) is 48.5 Å². The second-order valence-electron chi connectivity index (χ2n) is 11.7. The molecule has 2 fully saturated rings. The van der Waals surface area contributed by atoms with E-state index in [0.717, 1.165) is 37.0 Å². The molecule has 0 atom stereocenters. The van der Waals surface area contributed by atoms with Crippen molar-refractivity contribution in [1.82, 2.24) is 0 Å². The van der Waals surface area contributed by atoms with Crippen LogP contribution in [0.5, 0.6) is 0 Å². The Labute approximate surface area is 216 Å². The summed E-state index contributed by atoms with van der Waals surface area (Å²) in [4.78, 5) is 0. The van der Waals surface area contributed by atoms with Gasteiger partial charge < -0.3 is 0 Å². The molecule has 0 bridgehead atoms. The summed E-state index contributed by atoms with van der Waals surface area (Å²) < 4.78 is 12.4. The number of benzene rings is 2. The smallest absolute Gasteiger partial charge is 0.0894 e.